The highest BCUT2D eigenvalue weighted by molar-refractivity contribution is 6.74. The number of benzene rings is 1. The summed E-state index contributed by atoms with van der Waals surface area (Å²) in [4.78, 5) is 11.0. The molecule has 0 bridgehead atoms. The molecule has 0 unspecified atom stereocenters. The van der Waals surface area contributed by atoms with Gasteiger partial charge >= 0.3 is 5.69 Å². The Labute approximate surface area is 169 Å². The zero-order valence-corrected chi connectivity index (χ0v) is 18.7. The van der Waals surface area contributed by atoms with Crippen molar-refractivity contribution in [3.8, 4) is 11.5 Å². The molecule has 0 atom stereocenters. The average Bonchev–Trinajstić information content (AvgIpc) is 2.61. The van der Waals surface area contributed by atoms with Gasteiger partial charge in [0.25, 0.3) is 0 Å². The molecule has 1 aliphatic rings. The van der Waals surface area contributed by atoms with Crippen LogP contribution < -0.4 is 9.47 Å². The van der Waals surface area contributed by atoms with Gasteiger partial charge in [-0.15, -0.1) is 0 Å². The summed E-state index contributed by atoms with van der Waals surface area (Å²) in [6, 6.07) is 4.72. The maximum atomic E-state index is 11.4. The quantitative estimate of drug-likeness (QED) is 0.233. The lowest BCUT2D eigenvalue weighted by Crippen LogP contribution is -2.45. The molecule has 0 aromatic heterocycles. The molecule has 0 N–H and O–H groups in total. The van der Waals surface area contributed by atoms with Crippen LogP contribution in [0.5, 0.6) is 11.5 Å². The fourth-order valence-electron chi connectivity index (χ4n) is 3.03. The van der Waals surface area contributed by atoms with Gasteiger partial charge in [-0.05, 0) is 55.9 Å². The second-order valence-corrected chi connectivity index (χ2v) is 13.6. The Balaban J connectivity index is 1.97. The molecule has 28 heavy (non-hydrogen) atoms. The molecule has 1 aliphatic carbocycles. The van der Waals surface area contributed by atoms with Crippen LogP contribution in [0.2, 0.25) is 18.1 Å². The van der Waals surface area contributed by atoms with Crippen molar-refractivity contribution in [2.75, 3.05) is 6.61 Å². The molecular weight excluding hydrogens is 374 g/mol. The van der Waals surface area contributed by atoms with Crippen LogP contribution in [-0.2, 0) is 4.43 Å². The molecule has 1 aromatic rings. The third kappa shape index (κ3) is 5.82. The molecule has 0 aliphatic heterocycles. The Kier molecular flexibility index (Phi) is 7.28. The third-order valence-electron chi connectivity index (χ3n) is 5.68. The summed E-state index contributed by atoms with van der Waals surface area (Å²) in [7, 11) is -1.78. The predicted octanol–water partition coefficient (Wildman–Crippen LogP) is 5.87. The van der Waals surface area contributed by atoms with Crippen LogP contribution in [-0.4, -0.2) is 32.1 Å². The van der Waals surface area contributed by atoms with Crippen molar-refractivity contribution >= 4 is 14.0 Å². The van der Waals surface area contributed by atoms with Gasteiger partial charge in [0.05, 0.1) is 17.1 Å². The van der Waals surface area contributed by atoms with Crippen LogP contribution in [0, 0.1) is 10.1 Å². The highest BCUT2D eigenvalue weighted by atomic mass is 28.4. The van der Waals surface area contributed by atoms with E-state index in [1.807, 2.05) is 0 Å². The van der Waals surface area contributed by atoms with E-state index in [1.54, 1.807) is 18.2 Å². The number of hydrogen-bond donors (Lipinski definition) is 0. The van der Waals surface area contributed by atoms with Gasteiger partial charge in [0.15, 0.2) is 14.1 Å². The fraction of sp³-hybridized carbons (Fsp3) is 0.619. The van der Waals surface area contributed by atoms with E-state index in [1.165, 1.54) is 6.07 Å². The van der Waals surface area contributed by atoms with Crippen LogP contribution in [0.25, 0.3) is 0 Å². The van der Waals surface area contributed by atoms with E-state index in [2.05, 4.69) is 40.4 Å². The van der Waals surface area contributed by atoms with E-state index in [4.69, 9.17) is 13.9 Å². The molecule has 1 aromatic carbocycles. The number of nitrogens with zero attached hydrogens (tertiary/aromatic N) is 1. The Hall–Kier alpha value is -1.86. The zero-order valence-electron chi connectivity index (χ0n) is 17.7. The summed E-state index contributed by atoms with van der Waals surface area (Å²) in [5, 5.41) is 11.6. The molecule has 1 saturated carbocycles. The molecule has 1 fully saturated rings. The van der Waals surface area contributed by atoms with E-state index >= 15 is 0 Å². The second kappa shape index (κ2) is 9.09. The topological polar surface area (TPSA) is 70.8 Å². The van der Waals surface area contributed by atoms with Crippen molar-refractivity contribution in [2.24, 2.45) is 0 Å². The van der Waals surface area contributed by atoms with Gasteiger partial charge < -0.3 is 13.9 Å². The van der Waals surface area contributed by atoms with Gasteiger partial charge in [-0.3, -0.25) is 10.1 Å². The highest BCUT2D eigenvalue weighted by Crippen LogP contribution is 2.40. The molecule has 2 rings (SSSR count). The van der Waals surface area contributed by atoms with Gasteiger partial charge in [-0.2, -0.15) is 0 Å². The average molecular weight is 408 g/mol. The van der Waals surface area contributed by atoms with Gasteiger partial charge in [0, 0.05) is 6.10 Å². The van der Waals surface area contributed by atoms with E-state index in [-0.39, 0.29) is 22.9 Å². The van der Waals surface area contributed by atoms with E-state index < -0.39 is 13.2 Å². The molecule has 0 radical (unpaired) electrons. The summed E-state index contributed by atoms with van der Waals surface area (Å²) >= 11 is 0. The number of hydrogen-bond acceptors (Lipinski definition) is 5. The smallest absolute Gasteiger partial charge is 0.314 e. The lowest BCUT2D eigenvalue weighted by atomic mass is 9.95. The minimum atomic E-state index is -1.78. The Bertz CT molecular complexity index is 691. The third-order valence-corrected chi connectivity index (χ3v) is 10.2. The molecule has 6 nitrogen and oxygen atoms in total. The number of nitro groups is 1. The van der Waals surface area contributed by atoms with E-state index in [0.717, 1.165) is 25.7 Å². The van der Waals surface area contributed by atoms with Crippen molar-refractivity contribution in [1.29, 1.82) is 0 Å². The van der Waals surface area contributed by atoms with Gasteiger partial charge in [0.2, 0.25) is 0 Å². The van der Waals surface area contributed by atoms with Gasteiger partial charge in [-0.1, -0.05) is 33.4 Å². The lowest BCUT2D eigenvalue weighted by molar-refractivity contribution is -0.386. The number of rotatable bonds is 8. The normalized spacial score (nSPS) is 20.5. The molecular formula is C21H33NO5Si. The largest absolute Gasteiger partial charge is 0.489 e. The Morgan fingerprint density at radius 1 is 1.21 bits per heavy atom. The predicted molar refractivity (Wildman–Crippen MR) is 114 cm³/mol. The van der Waals surface area contributed by atoms with Crippen LogP contribution >= 0.6 is 0 Å². The lowest BCUT2D eigenvalue weighted by Gasteiger charge is -2.41. The minimum Gasteiger partial charge on any atom is -0.489 e. The van der Waals surface area contributed by atoms with E-state index in [9.17, 15) is 10.1 Å². The minimum absolute atomic E-state index is 0.0297. The van der Waals surface area contributed by atoms with Crippen LogP contribution in [0.3, 0.4) is 0 Å². The first-order chi connectivity index (χ1) is 13.0. The monoisotopic (exact) mass is 407 g/mol. The molecule has 0 amide bonds. The highest BCUT2D eigenvalue weighted by Gasteiger charge is 2.40. The summed E-state index contributed by atoms with van der Waals surface area (Å²) in [6.07, 6.45) is 5.34. The van der Waals surface area contributed by atoms with Crippen LogP contribution in [0.1, 0.15) is 46.5 Å². The second-order valence-electron chi connectivity index (χ2n) is 8.88. The Morgan fingerprint density at radius 2 is 1.82 bits per heavy atom. The number of ether oxygens (including phenoxy) is 2. The summed E-state index contributed by atoms with van der Waals surface area (Å²) in [6.45, 7) is 15.2. The first-order valence-corrected chi connectivity index (χ1v) is 12.8. The molecule has 0 heterocycles. The SMILES string of the molecule is C=CCOc1ccc(OC2CCC(O[Si](C)(C)C(C)(C)C)CC2)c([N+](=O)[O-])c1. The molecule has 156 valence electrons. The zero-order chi connectivity index (χ0) is 20.9. The first kappa shape index (κ1) is 22.4. The van der Waals surface area contributed by atoms with Crippen molar-refractivity contribution in [3.05, 3.63) is 41.0 Å². The summed E-state index contributed by atoms with van der Waals surface area (Å²) in [5.41, 5.74) is -0.0683. The fourth-order valence-corrected chi connectivity index (χ4v) is 4.45. The Morgan fingerprint density at radius 3 is 2.36 bits per heavy atom. The van der Waals surface area contributed by atoms with E-state index in [0.29, 0.717) is 18.1 Å². The van der Waals surface area contributed by atoms with Crippen molar-refractivity contribution in [3.63, 3.8) is 0 Å². The maximum Gasteiger partial charge on any atom is 0.314 e. The summed E-state index contributed by atoms with van der Waals surface area (Å²) < 4.78 is 17.9. The van der Waals surface area contributed by atoms with Crippen molar-refractivity contribution in [2.45, 2.75) is 76.8 Å². The van der Waals surface area contributed by atoms with Crippen LogP contribution in [0.15, 0.2) is 30.9 Å². The molecule has 0 spiro atoms. The maximum absolute atomic E-state index is 11.4. The van der Waals surface area contributed by atoms with Gasteiger partial charge in [-0.25, -0.2) is 0 Å². The number of nitro benzene ring substituents is 1. The van der Waals surface area contributed by atoms with Crippen LogP contribution in [0.4, 0.5) is 5.69 Å². The van der Waals surface area contributed by atoms with Crippen molar-refractivity contribution in [1.82, 2.24) is 0 Å². The molecule has 7 heteroatoms. The summed E-state index contributed by atoms with van der Waals surface area (Å²) in [5.74, 6) is 0.732. The standard InChI is InChI=1S/C21H33NO5Si/c1-7-14-25-18-12-13-20(19(15-18)22(23)24)26-16-8-10-17(11-9-16)27-28(5,6)21(2,3)4/h7,12-13,15-17H,1,8-11,14H2,2-6H3. The van der Waals surface area contributed by atoms with Crippen molar-refractivity contribution < 1.29 is 18.8 Å². The van der Waals surface area contributed by atoms with Gasteiger partial charge in [0.1, 0.15) is 12.4 Å². The first-order valence-electron chi connectivity index (χ1n) is 9.90. The molecule has 0 saturated heterocycles.